The average Bonchev–Trinajstić information content (AvgIpc) is 3.30. The van der Waals surface area contributed by atoms with E-state index in [1.807, 2.05) is 0 Å². The smallest absolute Gasteiger partial charge is 0.320 e. The van der Waals surface area contributed by atoms with Crippen LogP contribution in [0.1, 0.15) is 50.1 Å². The van der Waals surface area contributed by atoms with Crippen LogP contribution in [0.5, 0.6) is 0 Å². The maximum atomic E-state index is 14.4. The van der Waals surface area contributed by atoms with E-state index in [0.29, 0.717) is 25.2 Å². The summed E-state index contributed by atoms with van der Waals surface area (Å²) < 4.78 is 33.5. The molecule has 1 saturated carbocycles. The van der Waals surface area contributed by atoms with Crippen molar-refractivity contribution in [3.05, 3.63) is 57.6 Å². The van der Waals surface area contributed by atoms with Crippen molar-refractivity contribution in [2.45, 2.75) is 56.7 Å². The molecule has 2 N–H and O–H groups in total. The Hall–Kier alpha value is -3.34. The van der Waals surface area contributed by atoms with E-state index in [4.69, 9.17) is 4.74 Å². The molecule has 2 fully saturated rings. The predicted octanol–water partition coefficient (Wildman–Crippen LogP) is 4.69. The lowest BCUT2D eigenvalue weighted by molar-refractivity contribution is -0.384. The molecule has 0 radical (unpaired) electrons. The maximum Gasteiger partial charge on any atom is 0.320 e. The highest BCUT2D eigenvalue weighted by molar-refractivity contribution is 5.91. The maximum absolute atomic E-state index is 14.4. The first kappa shape index (κ1) is 23.8. The highest BCUT2D eigenvalue weighted by Crippen LogP contribution is 2.38. The van der Waals surface area contributed by atoms with Gasteiger partial charge in [0, 0.05) is 31.3 Å². The quantitative estimate of drug-likeness (QED) is 0.463. The van der Waals surface area contributed by atoms with Crippen LogP contribution in [-0.2, 0) is 4.74 Å². The van der Waals surface area contributed by atoms with Crippen molar-refractivity contribution >= 4 is 23.4 Å². The molecular formula is C23H27F2N5O4. The summed E-state index contributed by atoms with van der Waals surface area (Å²) in [4.78, 5) is 29.6. The number of hydrogen-bond donors (Lipinski definition) is 2. The first-order chi connectivity index (χ1) is 16.4. The van der Waals surface area contributed by atoms with Gasteiger partial charge in [0.05, 0.1) is 17.1 Å². The van der Waals surface area contributed by atoms with Crippen LogP contribution in [0.25, 0.3) is 0 Å². The molecule has 34 heavy (non-hydrogen) atoms. The van der Waals surface area contributed by atoms with Gasteiger partial charge in [-0.05, 0) is 62.8 Å². The number of nitro groups is 1. The number of nitrogens with zero attached hydrogens (tertiary/aromatic N) is 3. The zero-order chi connectivity index (χ0) is 24.2. The van der Waals surface area contributed by atoms with E-state index in [0.717, 1.165) is 43.9 Å². The molecule has 4 rings (SSSR count). The molecule has 182 valence electrons. The number of nitrogens with one attached hydrogen (secondary N) is 2. The van der Waals surface area contributed by atoms with Crippen molar-refractivity contribution in [1.29, 1.82) is 0 Å². The number of amides is 2. The van der Waals surface area contributed by atoms with Crippen molar-refractivity contribution in [3.8, 4) is 0 Å². The number of methoxy groups -OCH3 is 1. The molecule has 1 atom stereocenters. The SMILES string of the molecule is COC1CCC(NC(=O)Nc2nc(N3CCCC3c3cc(F)ccc3F)ccc2[N+](=O)[O-])CC1. The lowest BCUT2D eigenvalue weighted by atomic mass is 9.93. The highest BCUT2D eigenvalue weighted by Gasteiger charge is 2.31. The number of urea groups is 1. The zero-order valence-corrected chi connectivity index (χ0v) is 18.8. The van der Waals surface area contributed by atoms with E-state index < -0.39 is 28.6 Å². The number of carbonyl (C=O) groups is 1. The van der Waals surface area contributed by atoms with Gasteiger partial charge in [-0.15, -0.1) is 0 Å². The summed E-state index contributed by atoms with van der Waals surface area (Å²) in [5, 5.41) is 16.9. The summed E-state index contributed by atoms with van der Waals surface area (Å²) in [6.45, 7) is 0.514. The number of ether oxygens (including phenoxy) is 1. The van der Waals surface area contributed by atoms with E-state index >= 15 is 0 Å². The van der Waals surface area contributed by atoms with E-state index in [-0.39, 0.29) is 29.2 Å². The van der Waals surface area contributed by atoms with Crippen molar-refractivity contribution in [1.82, 2.24) is 10.3 Å². The van der Waals surface area contributed by atoms with Gasteiger partial charge >= 0.3 is 11.7 Å². The Bertz CT molecular complexity index is 1060. The van der Waals surface area contributed by atoms with Crippen molar-refractivity contribution in [2.24, 2.45) is 0 Å². The predicted molar refractivity (Wildman–Crippen MR) is 122 cm³/mol. The molecule has 2 amide bonds. The standard InChI is InChI=1S/C23H27F2N5O4/c1-34-16-7-5-15(6-8-16)26-23(31)28-22-20(30(32)33)10-11-21(27-22)29-12-2-3-19(29)17-13-14(24)4-9-18(17)25/h4,9-11,13,15-16,19H,2-3,5-8,12H2,1H3,(H2,26,27,28,31). The second kappa shape index (κ2) is 10.3. The van der Waals surface area contributed by atoms with Crippen LogP contribution in [0.3, 0.4) is 0 Å². The molecule has 2 aliphatic rings. The second-order valence-electron chi connectivity index (χ2n) is 8.62. The molecule has 0 spiro atoms. The fourth-order valence-corrected chi connectivity index (χ4v) is 4.75. The van der Waals surface area contributed by atoms with Crippen LogP contribution >= 0.6 is 0 Å². The molecule has 2 aromatic rings. The average molecular weight is 475 g/mol. The van der Waals surface area contributed by atoms with Gasteiger partial charge < -0.3 is 15.0 Å². The second-order valence-corrected chi connectivity index (χ2v) is 8.62. The third-order valence-electron chi connectivity index (χ3n) is 6.49. The molecule has 1 unspecified atom stereocenters. The Kier molecular flexibility index (Phi) is 7.20. The van der Waals surface area contributed by atoms with Gasteiger partial charge in [-0.25, -0.2) is 18.6 Å². The first-order valence-corrected chi connectivity index (χ1v) is 11.3. The number of anilines is 2. The van der Waals surface area contributed by atoms with E-state index in [1.54, 1.807) is 12.0 Å². The number of pyridine rings is 1. The monoisotopic (exact) mass is 475 g/mol. The minimum atomic E-state index is -0.621. The summed E-state index contributed by atoms with van der Waals surface area (Å²) in [5.74, 6) is -0.928. The largest absolute Gasteiger partial charge is 0.381 e. The Balaban J connectivity index is 1.53. The molecule has 1 saturated heterocycles. The zero-order valence-electron chi connectivity index (χ0n) is 18.8. The Morgan fingerprint density at radius 3 is 2.65 bits per heavy atom. The molecule has 1 aromatic heterocycles. The molecule has 1 aromatic carbocycles. The molecule has 11 heteroatoms. The van der Waals surface area contributed by atoms with Crippen molar-refractivity contribution < 1.29 is 23.2 Å². The van der Waals surface area contributed by atoms with Gasteiger partial charge in [0.2, 0.25) is 5.82 Å². The van der Waals surface area contributed by atoms with Crippen molar-refractivity contribution in [3.63, 3.8) is 0 Å². The first-order valence-electron chi connectivity index (χ1n) is 11.3. The number of aromatic nitrogens is 1. The van der Waals surface area contributed by atoms with Crippen molar-refractivity contribution in [2.75, 3.05) is 23.9 Å². The lowest BCUT2D eigenvalue weighted by Crippen LogP contribution is -2.41. The number of benzene rings is 1. The lowest BCUT2D eigenvalue weighted by Gasteiger charge is -2.28. The molecule has 2 heterocycles. The minimum absolute atomic E-state index is 0.0625. The number of hydrogen-bond acceptors (Lipinski definition) is 6. The van der Waals surface area contributed by atoms with E-state index in [9.17, 15) is 23.7 Å². The number of carbonyl (C=O) groups excluding carboxylic acids is 1. The molecule has 1 aliphatic heterocycles. The molecular weight excluding hydrogens is 448 g/mol. The fraction of sp³-hybridized carbons (Fsp3) is 0.478. The summed E-state index contributed by atoms with van der Waals surface area (Å²) in [6.07, 6.45) is 4.60. The molecule has 1 aliphatic carbocycles. The van der Waals surface area contributed by atoms with Crippen LogP contribution < -0.4 is 15.5 Å². The summed E-state index contributed by atoms with van der Waals surface area (Å²) in [5.41, 5.74) is -0.147. The van der Waals surface area contributed by atoms with E-state index in [1.165, 1.54) is 12.1 Å². The highest BCUT2D eigenvalue weighted by atomic mass is 19.1. The Labute approximate surface area is 195 Å². The van der Waals surface area contributed by atoms with E-state index in [2.05, 4.69) is 15.6 Å². The van der Waals surface area contributed by atoms with Gasteiger partial charge in [0.1, 0.15) is 17.5 Å². The van der Waals surface area contributed by atoms with Gasteiger partial charge in [0.25, 0.3) is 0 Å². The fourth-order valence-electron chi connectivity index (χ4n) is 4.75. The van der Waals surface area contributed by atoms with Gasteiger partial charge in [-0.2, -0.15) is 0 Å². The molecule has 9 nitrogen and oxygen atoms in total. The van der Waals surface area contributed by atoms with Crippen LogP contribution in [0.4, 0.5) is 30.9 Å². The number of halogens is 2. The summed E-state index contributed by atoms with van der Waals surface area (Å²) in [6, 6.07) is 4.92. The van der Waals surface area contributed by atoms with Crippen LogP contribution in [0.15, 0.2) is 30.3 Å². The summed E-state index contributed by atoms with van der Waals surface area (Å²) >= 11 is 0. The normalized spacial score (nSPS) is 22.4. The third kappa shape index (κ3) is 5.24. The van der Waals surface area contributed by atoms with Crippen LogP contribution in [0.2, 0.25) is 0 Å². The topological polar surface area (TPSA) is 110 Å². The van der Waals surface area contributed by atoms with Gasteiger partial charge in [-0.1, -0.05) is 0 Å². The third-order valence-corrected chi connectivity index (χ3v) is 6.49. The molecule has 0 bridgehead atoms. The van der Waals surface area contributed by atoms with Crippen LogP contribution in [-0.4, -0.2) is 41.7 Å². The summed E-state index contributed by atoms with van der Waals surface area (Å²) in [7, 11) is 1.66. The minimum Gasteiger partial charge on any atom is -0.381 e. The van der Waals surface area contributed by atoms with Crippen LogP contribution in [0, 0.1) is 21.7 Å². The Morgan fingerprint density at radius 2 is 1.94 bits per heavy atom. The Morgan fingerprint density at radius 1 is 1.18 bits per heavy atom. The van der Waals surface area contributed by atoms with Gasteiger partial charge in [0.15, 0.2) is 0 Å². The van der Waals surface area contributed by atoms with Gasteiger partial charge in [-0.3, -0.25) is 15.4 Å². The number of rotatable bonds is 6.